The van der Waals surface area contributed by atoms with Crippen LogP contribution in [0, 0.1) is 11.3 Å². The second kappa shape index (κ2) is 10.4. The van der Waals surface area contributed by atoms with Gasteiger partial charge in [0, 0.05) is 37.0 Å². The lowest BCUT2D eigenvalue weighted by Gasteiger charge is -2.28. The lowest BCUT2D eigenvalue weighted by Crippen LogP contribution is -2.29. The molecule has 0 radical (unpaired) electrons. The molecule has 1 saturated heterocycles. The highest BCUT2D eigenvalue weighted by Crippen LogP contribution is 2.24. The number of amides is 1. The molecule has 1 fully saturated rings. The molecule has 6 nitrogen and oxygen atoms in total. The molecule has 0 unspecified atom stereocenters. The first-order chi connectivity index (χ1) is 14.6. The van der Waals surface area contributed by atoms with Crippen LogP contribution in [0.15, 0.2) is 48.0 Å². The van der Waals surface area contributed by atoms with E-state index in [0.29, 0.717) is 11.5 Å². The molecule has 2 aromatic rings. The number of piperidine rings is 1. The fraction of sp³-hybridized carbons (Fsp3) is 0.333. The third kappa shape index (κ3) is 5.32. The number of ether oxygens (including phenoxy) is 2. The molecule has 30 heavy (non-hydrogen) atoms. The first-order valence-corrected chi connectivity index (χ1v) is 10.1. The third-order valence-corrected chi connectivity index (χ3v) is 5.22. The van der Waals surface area contributed by atoms with E-state index < -0.39 is 5.91 Å². The summed E-state index contributed by atoms with van der Waals surface area (Å²) in [5, 5.41) is 12.2. The monoisotopic (exact) mass is 405 g/mol. The zero-order valence-electron chi connectivity index (χ0n) is 17.5. The van der Waals surface area contributed by atoms with Crippen LogP contribution in [0.4, 0.5) is 5.69 Å². The molecular formula is C24H27N3O3. The fourth-order valence-corrected chi connectivity index (χ4v) is 3.52. The topological polar surface area (TPSA) is 74.6 Å². The number of nitrogens with zero attached hydrogens (tertiary/aromatic N) is 2. The quantitative estimate of drug-likeness (QED) is 0.558. The average molecular weight is 405 g/mol. The molecule has 3 rings (SSSR count). The maximum atomic E-state index is 12.5. The molecule has 0 atom stereocenters. The van der Waals surface area contributed by atoms with E-state index in [0.717, 1.165) is 24.2 Å². The van der Waals surface area contributed by atoms with Crippen molar-refractivity contribution in [2.75, 3.05) is 32.2 Å². The lowest BCUT2D eigenvalue weighted by molar-refractivity contribution is -0.117. The smallest absolute Gasteiger partial charge is 0.262 e. The second-order valence-electron chi connectivity index (χ2n) is 7.17. The van der Waals surface area contributed by atoms with Crippen molar-refractivity contribution < 1.29 is 14.3 Å². The number of benzene rings is 2. The van der Waals surface area contributed by atoms with Gasteiger partial charge in [-0.3, -0.25) is 4.79 Å². The minimum atomic E-state index is -0.421. The number of hydrogen-bond donors (Lipinski definition) is 1. The van der Waals surface area contributed by atoms with Crippen molar-refractivity contribution in [3.8, 4) is 17.6 Å². The van der Waals surface area contributed by atoms with Crippen LogP contribution in [0.5, 0.6) is 11.5 Å². The van der Waals surface area contributed by atoms with Crippen LogP contribution in [0.3, 0.4) is 0 Å². The first kappa shape index (κ1) is 21.3. The van der Waals surface area contributed by atoms with Crippen LogP contribution < -0.4 is 19.7 Å². The maximum Gasteiger partial charge on any atom is 0.262 e. The predicted octanol–water partition coefficient (Wildman–Crippen LogP) is 3.92. The van der Waals surface area contributed by atoms with Crippen LogP contribution in [-0.2, 0) is 11.3 Å². The largest absolute Gasteiger partial charge is 0.497 e. The Hall–Kier alpha value is -3.46. The van der Waals surface area contributed by atoms with Crippen molar-refractivity contribution in [1.29, 1.82) is 5.26 Å². The van der Waals surface area contributed by atoms with Crippen molar-refractivity contribution >= 4 is 17.7 Å². The maximum absolute atomic E-state index is 12.5. The van der Waals surface area contributed by atoms with Gasteiger partial charge >= 0.3 is 0 Å². The van der Waals surface area contributed by atoms with Gasteiger partial charge in [-0.2, -0.15) is 5.26 Å². The molecule has 1 aliphatic rings. The standard InChI is InChI=1S/C24H27N3O3/c1-29-22-11-8-19(23(15-22)30-2)17-26-24(28)20(16-25)14-18-6-9-21(10-7-18)27-12-4-3-5-13-27/h6-11,14-15H,3-5,12-13,17H2,1-2H3,(H,26,28)/b20-14+. The second-order valence-corrected chi connectivity index (χ2v) is 7.17. The van der Waals surface area contributed by atoms with E-state index in [2.05, 4.69) is 10.2 Å². The van der Waals surface area contributed by atoms with E-state index in [1.807, 2.05) is 36.4 Å². The van der Waals surface area contributed by atoms with Gasteiger partial charge in [0.15, 0.2) is 0 Å². The highest BCUT2D eigenvalue weighted by molar-refractivity contribution is 6.01. The number of hydrogen-bond acceptors (Lipinski definition) is 5. The van der Waals surface area contributed by atoms with Gasteiger partial charge in [-0.05, 0) is 55.2 Å². The van der Waals surface area contributed by atoms with Gasteiger partial charge < -0.3 is 19.7 Å². The number of nitrogens with one attached hydrogen (secondary N) is 1. The Morgan fingerprint density at radius 3 is 2.47 bits per heavy atom. The Morgan fingerprint density at radius 1 is 1.10 bits per heavy atom. The van der Waals surface area contributed by atoms with Gasteiger partial charge in [0.2, 0.25) is 0 Å². The molecule has 0 aliphatic carbocycles. The Kier molecular flexibility index (Phi) is 7.34. The van der Waals surface area contributed by atoms with E-state index in [1.165, 1.54) is 24.9 Å². The molecule has 1 heterocycles. The Balaban J connectivity index is 1.65. The highest BCUT2D eigenvalue weighted by Gasteiger charge is 2.13. The summed E-state index contributed by atoms with van der Waals surface area (Å²) in [6.45, 7) is 2.41. The minimum absolute atomic E-state index is 0.0631. The van der Waals surface area contributed by atoms with Crippen molar-refractivity contribution in [3.63, 3.8) is 0 Å². The fourth-order valence-electron chi connectivity index (χ4n) is 3.52. The van der Waals surface area contributed by atoms with Gasteiger partial charge in [-0.1, -0.05) is 12.1 Å². The zero-order valence-corrected chi connectivity index (χ0v) is 17.5. The Morgan fingerprint density at radius 2 is 1.83 bits per heavy atom. The molecular weight excluding hydrogens is 378 g/mol. The van der Waals surface area contributed by atoms with Crippen molar-refractivity contribution in [2.24, 2.45) is 0 Å². The summed E-state index contributed by atoms with van der Waals surface area (Å²) in [6, 6.07) is 15.4. The lowest BCUT2D eigenvalue weighted by atomic mass is 10.1. The number of nitriles is 1. The molecule has 156 valence electrons. The van der Waals surface area contributed by atoms with E-state index >= 15 is 0 Å². The highest BCUT2D eigenvalue weighted by atomic mass is 16.5. The van der Waals surface area contributed by atoms with Crippen LogP contribution in [-0.4, -0.2) is 33.2 Å². The summed E-state index contributed by atoms with van der Waals surface area (Å²) in [7, 11) is 3.15. The summed E-state index contributed by atoms with van der Waals surface area (Å²) >= 11 is 0. The summed E-state index contributed by atoms with van der Waals surface area (Å²) in [5.41, 5.74) is 2.87. The van der Waals surface area contributed by atoms with Crippen molar-refractivity contribution in [2.45, 2.75) is 25.8 Å². The van der Waals surface area contributed by atoms with Gasteiger partial charge in [0.25, 0.3) is 5.91 Å². The average Bonchev–Trinajstić information content (AvgIpc) is 2.81. The molecule has 0 spiro atoms. The summed E-state index contributed by atoms with van der Waals surface area (Å²) in [4.78, 5) is 14.9. The molecule has 1 aliphatic heterocycles. The van der Waals surface area contributed by atoms with Gasteiger partial charge in [-0.15, -0.1) is 0 Å². The molecule has 1 amide bonds. The summed E-state index contributed by atoms with van der Waals surface area (Å²) in [5.74, 6) is 0.869. The van der Waals surface area contributed by atoms with E-state index in [9.17, 15) is 10.1 Å². The van der Waals surface area contributed by atoms with E-state index in [1.54, 1.807) is 32.4 Å². The predicted molar refractivity (Wildman–Crippen MR) is 117 cm³/mol. The Labute approximate surface area is 177 Å². The van der Waals surface area contributed by atoms with Crippen molar-refractivity contribution in [3.05, 3.63) is 59.2 Å². The van der Waals surface area contributed by atoms with Crippen LogP contribution in [0.2, 0.25) is 0 Å². The first-order valence-electron chi connectivity index (χ1n) is 10.1. The third-order valence-electron chi connectivity index (χ3n) is 5.22. The zero-order chi connectivity index (χ0) is 21.3. The molecule has 6 heteroatoms. The van der Waals surface area contributed by atoms with Crippen molar-refractivity contribution in [1.82, 2.24) is 5.32 Å². The SMILES string of the molecule is COc1ccc(CNC(=O)/C(C#N)=C/c2ccc(N3CCCCC3)cc2)c(OC)c1. The molecule has 0 saturated carbocycles. The number of rotatable bonds is 7. The number of carbonyl (C=O) groups excluding carboxylic acids is 1. The molecule has 1 N–H and O–H groups in total. The number of carbonyl (C=O) groups is 1. The number of anilines is 1. The van der Waals surface area contributed by atoms with Gasteiger partial charge in [-0.25, -0.2) is 0 Å². The number of methoxy groups -OCH3 is 2. The van der Waals surface area contributed by atoms with Crippen LogP contribution >= 0.6 is 0 Å². The summed E-state index contributed by atoms with van der Waals surface area (Å²) < 4.78 is 10.5. The van der Waals surface area contributed by atoms with Gasteiger partial charge in [0.05, 0.1) is 14.2 Å². The minimum Gasteiger partial charge on any atom is -0.497 e. The molecule has 2 aromatic carbocycles. The normalized spacial score (nSPS) is 14.0. The van der Waals surface area contributed by atoms with E-state index in [4.69, 9.17) is 9.47 Å². The van der Waals surface area contributed by atoms with Crippen LogP contribution in [0.25, 0.3) is 6.08 Å². The van der Waals surface area contributed by atoms with Gasteiger partial charge in [0.1, 0.15) is 23.1 Å². The van der Waals surface area contributed by atoms with Crippen LogP contribution in [0.1, 0.15) is 30.4 Å². The summed E-state index contributed by atoms with van der Waals surface area (Å²) in [6.07, 6.45) is 5.35. The van der Waals surface area contributed by atoms with E-state index in [-0.39, 0.29) is 12.1 Å². The Bertz CT molecular complexity index is 939. The molecule has 0 bridgehead atoms. The molecule has 0 aromatic heterocycles.